The summed E-state index contributed by atoms with van der Waals surface area (Å²) in [4.78, 5) is 7.73. The third-order valence-electron chi connectivity index (χ3n) is 10.1. The molecule has 1 aliphatic carbocycles. The monoisotopic (exact) mass is 641 g/mol. The van der Waals surface area contributed by atoms with Crippen molar-refractivity contribution in [3.8, 4) is 45.4 Å². The number of nitriles is 1. The lowest BCUT2D eigenvalue weighted by Gasteiger charge is -2.40. The summed E-state index contributed by atoms with van der Waals surface area (Å²) in [5.74, 6) is 0.923. The fourth-order valence-electron chi connectivity index (χ4n) is 8.07. The highest BCUT2D eigenvalue weighted by atomic mass is 32.2. The third-order valence-corrected chi connectivity index (χ3v) is 11.3. The highest BCUT2D eigenvalue weighted by molar-refractivity contribution is 7.99. The van der Waals surface area contributed by atoms with Crippen molar-refractivity contribution in [1.29, 1.82) is 5.26 Å². The molecule has 3 nitrogen and oxygen atoms in total. The van der Waals surface area contributed by atoms with E-state index in [1.807, 2.05) is 23.9 Å². The minimum atomic E-state index is -0.536. The predicted molar refractivity (Wildman–Crippen MR) is 198 cm³/mol. The quantitative estimate of drug-likeness (QED) is 0.193. The smallest absolute Gasteiger partial charge is 0.145 e. The summed E-state index contributed by atoms with van der Waals surface area (Å²) < 4.78 is 2.28. The second kappa shape index (κ2) is 10.7. The Morgan fingerprint density at radius 1 is 0.551 bits per heavy atom. The molecule has 0 bridgehead atoms. The maximum absolute atomic E-state index is 9.49. The zero-order valence-electron chi connectivity index (χ0n) is 26.3. The molecule has 0 amide bonds. The highest BCUT2D eigenvalue weighted by Gasteiger charge is 2.50. The van der Waals surface area contributed by atoms with Crippen molar-refractivity contribution in [2.24, 2.45) is 0 Å². The number of benzene rings is 7. The van der Waals surface area contributed by atoms with Gasteiger partial charge >= 0.3 is 0 Å². The molecule has 228 valence electrons. The molecule has 1 aromatic heterocycles. The van der Waals surface area contributed by atoms with Crippen molar-refractivity contribution in [3.63, 3.8) is 0 Å². The Hall–Kier alpha value is -6.15. The van der Waals surface area contributed by atoms with Crippen molar-refractivity contribution >= 4 is 22.8 Å². The van der Waals surface area contributed by atoms with Gasteiger partial charge in [0.1, 0.15) is 5.82 Å². The van der Waals surface area contributed by atoms with Gasteiger partial charge in [0, 0.05) is 21.0 Å². The first-order valence-electron chi connectivity index (χ1n) is 16.4. The number of fused-ring (bicyclic) bond motifs is 10. The molecule has 8 aromatic rings. The van der Waals surface area contributed by atoms with Crippen LogP contribution >= 0.6 is 11.8 Å². The van der Waals surface area contributed by atoms with Crippen molar-refractivity contribution in [1.82, 2.24) is 9.55 Å². The molecule has 0 atom stereocenters. The summed E-state index contributed by atoms with van der Waals surface area (Å²) >= 11 is 1.84. The van der Waals surface area contributed by atoms with Crippen LogP contribution in [0.3, 0.4) is 0 Å². The van der Waals surface area contributed by atoms with Gasteiger partial charge in [0.15, 0.2) is 0 Å². The average molecular weight is 642 g/mol. The van der Waals surface area contributed by atoms with E-state index in [4.69, 9.17) is 4.98 Å². The zero-order chi connectivity index (χ0) is 32.5. The highest BCUT2D eigenvalue weighted by Crippen LogP contribution is 2.63. The van der Waals surface area contributed by atoms with E-state index in [0.29, 0.717) is 5.56 Å². The van der Waals surface area contributed by atoms with E-state index in [1.54, 1.807) is 0 Å². The molecular formula is C45H27N3S. The van der Waals surface area contributed by atoms with Crippen LogP contribution in [0.2, 0.25) is 0 Å². The maximum Gasteiger partial charge on any atom is 0.145 e. The topological polar surface area (TPSA) is 41.6 Å². The van der Waals surface area contributed by atoms with Crippen LogP contribution in [0.5, 0.6) is 0 Å². The minimum Gasteiger partial charge on any atom is -0.292 e. The number of para-hydroxylation sites is 3. The number of aromatic nitrogens is 2. The fourth-order valence-corrected chi connectivity index (χ4v) is 9.38. The Morgan fingerprint density at radius 3 is 1.94 bits per heavy atom. The first-order chi connectivity index (χ1) is 24.3. The lowest BCUT2D eigenvalue weighted by Crippen LogP contribution is -2.32. The van der Waals surface area contributed by atoms with Crippen LogP contribution in [0.25, 0.3) is 50.4 Å². The van der Waals surface area contributed by atoms with Gasteiger partial charge in [0.05, 0.1) is 28.1 Å². The lowest BCUT2D eigenvalue weighted by molar-refractivity contribution is 0.723. The van der Waals surface area contributed by atoms with Gasteiger partial charge in [-0.2, -0.15) is 5.26 Å². The average Bonchev–Trinajstić information content (AvgIpc) is 3.70. The zero-order valence-corrected chi connectivity index (χ0v) is 27.2. The summed E-state index contributed by atoms with van der Waals surface area (Å²) in [6.07, 6.45) is 0. The van der Waals surface area contributed by atoms with E-state index in [1.165, 1.54) is 48.7 Å². The standard InChI is InChI=1S/C45H27N3S/c46-28-29-21-23-30(24-22-29)33-15-10-18-38-43(33)49-42-26-25-31(44-47-40-19-8-9-20-41(40)48(44)32-11-2-1-3-12-32)27-39(42)45(38)36-16-6-4-13-34(36)35-14-5-7-17-37(35)45/h1-27H. The molecule has 0 fully saturated rings. The Bertz CT molecular complexity index is 2600. The molecule has 4 heteroatoms. The summed E-state index contributed by atoms with van der Waals surface area (Å²) in [5.41, 5.74) is 14.3. The van der Waals surface area contributed by atoms with Crippen molar-refractivity contribution in [2.75, 3.05) is 0 Å². The predicted octanol–water partition coefficient (Wildman–Crippen LogP) is 11.1. The third kappa shape index (κ3) is 3.94. The molecule has 0 radical (unpaired) electrons. The summed E-state index contributed by atoms with van der Waals surface area (Å²) in [7, 11) is 0. The van der Waals surface area contributed by atoms with Crippen LogP contribution in [0, 0.1) is 11.3 Å². The number of rotatable bonds is 3. The second-order valence-electron chi connectivity index (χ2n) is 12.6. The van der Waals surface area contributed by atoms with Gasteiger partial charge in [0.2, 0.25) is 0 Å². The summed E-state index contributed by atoms with van der Waals surface area (Å²) in [6.45, 7) is 0. The molecular weight excluding hydrogens is 615 g/mol. The fraction of sp³-hybridized carbons (Fsp3) is 0.0222. The van der Waals surface area contributed by atoms with Crippen LogP contribution in [0.15, 0.2) is 174 Å². The Kier molecular flexibility index (Phi) is 6.09. The van der Waals surface area contributed by atoms with Crippen LogP contribution < -0.4 is 0 Å². The number of hydrogen-bond acceptors (Lipinski definition) is 3. The molecule has 7 aromatic carbocycles. The Labute approximate surface area is 288 Å². The van der Waals surface area contributed by atoms with E-state index in [9.17, 15) is 5.26 Å². The van der Waals surface area contributed by atoms with Crippen LogP contribution in [-0.4, -0.2) is 9.55 Å². The molecule has 0 unspecified atom stereocenters. The molecule has 10 rings (SSSR count). The normalized spacial score (nSPS) is 13.4. The molecule has 2 heterocycles. The van der Waals surface area contributed by atoms with Gasteiger partial charge in [-0.05, 0) is 93.0 Å². The first kappa shape index (κ1) is 27.9. The summed E-state index contributed by atoms with van der Waals surface area (Å²) in [6, 6.07) is 60.7. The van der Waals surface area contributed by atoms with Crippen molar-refractivity contribution in [3.05, 3.63) is 192 Å². The lowest BCUT2D eigenvalue weighted by atomic mass is 9.66. The maximum atomic E-state index is 9.49. The number of imidazole rings is 1. The van der Waals surface area contributed by atoms with E-state index >= 15 is 0 Å². The van der Waals surface area contributed by atoms with Gasteiger partial charge in [-0.15, -0.1) is 0 Å². The van der Waals surface area contributed by atoms with Gasteiger partial charge in [-0.3, -0.25) is 4.57 Å². The number of hydrogen-bond donors (Lipinski definition) is 0. The Morgan fingerprint density at radius 2 is 1.18 bits per heavy atom. The second-order valence-corrected chi connectivity index (χ2v) is 13.7. The first-order valence-corrected chi connectivity index (χ1v) is 17.3. The van der Waals surface area contributed by atoms with E-state index in [-0.39, 0.29) is 0 Å². The molecule has 2 aliphatic rings. The van der Waals surface area contributed by atoms with Crippen molar-refractivity contribution in [2.45, 2.75) is 15.2 Å². The van der Waals surface area contributed by atoms with E-state index < -0.39 is 5.41 Å². The molecule has 0 saturated carbocycles. The SMILES string of the molecule is N#Cc1ccc(-c2cccc3c2Sc2ccc(-c4nc5ccccc5n4-c4ccccc4)cc2C32c3ccccc3-c3ccccc32)cc1. The van der Waals surface area contributed by atoms with Gasteiger partial charge in [0.25, 0.3) is 0 Å². The molecule has 0 saturated heterocycles. The molecule has 1 spiro atoms. The van der Waals surface area contributed by atoms with Crippen LogP contribution in [0.4, 0.5) is 0 Å². The van der Waals surface area contributed by atoms with Gasteiger partial charge in [-0.1, -0.05) is 127 Å². The molecule has 49 heavy (non-hydrogen) atoms. The molecule has 0 N–H and O–H groups in total. The van der Waals surface area contributed by atoms with Crippen LogP contribution in [0.1, 0.15) is 27.8 Å². The van der Waals surface area contributed by atoms with E-state index in [2.05, 4.69) is 162 Å². The Balaban J connectivity index is 1.29. The minimum absolute atomic E-state index is 0.536. The van der Waals surface area contributed by atoms with Gasteiger partial charge < -0.3 is 0 Å². The number of nitrogens with zero attached hydrogens (tertiary/aromatic N) is 3. The van der Waals surface area contributed by atoms with Crippen LogP contribution in [-0.2, 0) is 5.41 Å². The molecule has 1 aliphatic heterocycles. The largest absolute Gasteiger partial charge is 0.292 e. The van der Waals surface area contributed by atoms with Gasteiger partial charge in [-0.25, -0.2) is 4.98 Å². The summed E-state index contributed by atoms with van der Waals surface area (Å²) in [5, 5.41) is 9.49. The van der Waals surface area contributed by atoms with Crippen molar-refractivity contribution < 1.29 is 0 Å². The van der Waals surface area contributed by atoms with E-state index in [0.717, 1.165) is 33.7 Å².